The highest BCUT2D eigenvalue weighted by Gasteiger charge is 2.08. The van der Waals surface area contributed by atoms with E-state index in [-0.39, 0.29) is 5.97 Å². The van der Waals surface area contributed by atoms with Gasteiger partial charge in [0.05, 0.1) is 11.5 Å². The Labute approximate surface area is 87.7 Å². The molecule has 0 unspecified atom stereocenters. The number of carbonyl (C=O) groups is 2. The monoisotopic (exact) mass is 214 g/mol. The van der Waals surface area contributed by atoms with Crippen LogP contribution in [0.25, 0.3) is 0 Å². The van der Waals surface area contributed by atoms with Crippen molar-refractivity contribution in [2.45, 2.75) is 20.8 Å². The molecule has 0 amide bonds. The molecule has 0 atom stereocenters. The van der Waals surface area contributed by atoms with Gasteiger partial charge in [-0.3, -0.25) is 4.79 Å². The molecule has 0 aliphatic carbocycles. The van der Waals surface area contributed by atoms with Crippen molar-refractivity contribution in [1.82, 2.24) is 0 Å². The molecular formula is C10H14O3S. The maximum absolute atomic E-state index is 11.0. The SMILES string of the molecule is CC.CCOC(=O)c1ccc(C=O)s1. The zero-order valence-corrected chi connectivity index (χ0v) is 9.39. The van der Waals surface area contributed by atoms with E-state index in [0.29, 0.717) is 22.6 Å². The Morgan fingerprint density at radius 3 is 2.57 bits per heavy atom. The molecule has 0 bridgehead atoms. The standard InChI is InChI=1S/C8H8O3S.C2H6/c1-2-11-8(10)7-4-3-6(5-9)12-7;1-2/h3-5H,2H2,1H3;1-2H3. The molecule has 3 nitrogen and oxygen atoms in total. The summed E-state index contributed by atoms with van der Waals surface area (Å²) in [5.74, 6) is -0.365. The maximum Gasteiger partial charge on any atom is 0.348 e. The van der Waals surface area contributed by atoms with Crippen LogP contribution in [0.3, 0.4) is 0 Å². The smallest absolute Gasteiger partial charge is 0.348 e. The first-order chi connectivity index (χ1) is 6.77. The zero-order valence-electron chi connectivity index (χ0n) is 8.57. The molecular weight excluding hydrogens is 200 g/mol. The van der Waals surface area contributed by atoms with Gasteiger partial charge in [-0.1, -0.05) is 13.8 Å². The second-order valence-electron chi connectivity index (χ2n) is 2.04. The van der Waals surface area contributed by atoms with Crippen molar-refractivity contribution in [2.75, 3.05) is 6.61 Å². The van der Waals surface area contributed by atoms with Gasteiger partial charge >= 0.3 is 5.97 Å². The van der Waals surface area contributed by atoms with Crippen LogP contribution in [0.15, 0.2) is 12.1 Å². The third-order valence-corrected chi connectivity index (χ3v) is 2.21. The first-order valence-corrected chi connectivity index (χ1v) is 5.31. The average molecular weight is 214 g/mol. The summed E-state index contributed by atoms with van der Waals surface area (Å²) < 4.78 is 4.74. The fraction of sp³-hybridized carbons (Fsp3) is 0.400. The Balaban J connectivity index is 0.000000791. The molecule has 14 heavy (non-hydrogen) atoms. The third-order valence-electron chi connectivity index (χ3n) is 1.22. The van der Waals surface area contributed by atoms with E-state index in [9.17, 15) is 9.59 Å². The highest BCUT2D eigenvalue weighted by atomic mass is 32.1. The Kier molecular flexibility index (Phi) is 6.66. The highest BCUT2D eigenvalue weighted by Crippen LogP contribution is 2.15. The van der Waals surface area contributed by atoms with Crippen molar-refractivity contribution in [2.24, 2.45) is 0 Å². The van der Waals surface area contributed by atoms with E-state index in [1.54, 1.807) is 19.1 Å². The van der Waals surface area contributed by atoms with E-state index in [1.165, 1.54) is 0 Å². The predicted octanol–water partition coefficient (Wildman–Crippen LogP) is 2.76. The van der Waals surface area contributed by atoms with Gasteiger partial charge in [0.1, 0.15) is 4.88 Å². The molecule has 0 spiro atoms. The molecule has 0 saturated carbocycles. The molecule has 78 valence electrons. The van der Waals surface area contributed by atoms with E-state index in [1.807, 2.05) is 13.8 Å². The van der Waals surface area contributed by atoms with E-state index in [2.05, 4.69) is 0 Å². The summed E-state index contributed by atoms with van der Waals surface area (Å²) in [5.41, 5.74) is 0. The fourth-order valence-electron chi connectivity index (χ4n) is 0.728. The van der Waals surface area contributed by atoms with Crippen LogP contribution in [0.1, 0.15) is 40.1 Å². The lowest BCUT2D eigenvalue weighted by Gasteiger charge is -1.95. The van der Waals surface area contributed by atoms with Crippen molar-refractivity contribution < 1.29 is 14.3 Å². The van der Waals surface area contributed by atoms with Gasteiger partial charge in [0.2, 0.25) is 0 Å². The molecule has 1 rings (SSSR count). The van der Waals surface area contributed by atoms with Crippen molar-refractivity contribution in [3.05, 3.63) is 21.9 Å². The summed E-state index contributed by atoms with van der Waals surface area (Å²) in [5, 5.41) is 0. The number of thiophene rings is 1. The Hall–Kier alpha value is -1.16. The molecule has 1 aromatic heterocycles. The molecule has 0 N–H and O–H groups in total. The van der Waals surface area contributed by atoms with Gasteiger partial charge in [0, 0.05) is 0 Å². The lowest BCUT2D eigenvalue weighted by atomic mass is 10.4. The molecule has 4 heteroatoms. The largest absolute Gasteiger partial charge is 0.462 e. The zero-order chi connectivity index (χ0) is 11.0. The third kappa shape index (κ3) is 3.70. The summed E-state index contributed by atoms with van der Waals surface area (Å²) >= 11 is 1.14. The first kappa shape index (κ1) is 12.8. The molecule has 0 aliphatic heterocycles. The minimum Gasteiger partial charge on any atom is -0.462 e. The van der Waals surface area contributed by atoms with Crippen molar-refractivity contribution in [3.63, 3.8) is 0 Å². The van der Waals surface area contributed by atoms with Crippen LogP contribution in [0, 0.1) is 0 Å². The van der Waals surface area contributed by atoms with E-state index in [4.69, 9.17) is 4.74 Å². The van der Waals surface area contributed by atoms with Gasteiger partial charge in [-0.05, 0) is 19.1 Å². The fourth-order valence-corrected chi connectivity index (χ4v) is 1.44. The predicted molar refractivity (Wildman–Crippen MR) is 57.0 cm³/mol. The number of carbonyl (C=O) groups excluding carboxylic acids is 2. The van der Waals surface area contributed by atoms with Gasteiger partial charge in [-0.25, -0.2) is 4.79 Å². The van der Waals surface area contributed by atoms with Crippen LogP contribution in [0.5, 0.6) is 0 Å². The average Bonchev–Trinajstić information content (AvgIpc) is 2.69. The molecule has 0 aliphatic rings. The van der Waals surface area contributed by atoms with Crippen molar-refractivity contribution in [1.29, 1.82) is 0 Å². The Morgan fingerprint density at radius 1 is 1.50 bits per heavy atom. The van der Waals surface area contributed by atoms with Gasteiger partial charge in [-0.15, -0.1) is 11.3 Å². The molecule has 0 fully saturated rings. The second-order valence-corrected chi connectivity index (χ2v) is 3.16. The van der Waals surface area contributed by atoms with E-state index < -0.39 is 0 Å². The second kappa shape index (κ2) is 7.26. The number of hydrogen-bond acceptors (Lipinski definition) is 4. The number of hydrogen-bond donors (Lipinski definition) is 0. The summed E-state index contributed by atoms with van der Waals surface area (Å²) in [7, 11) is 0. The molecule has 1 heterocycles. The van der Waals surface area contributed by atoms with E-state index >= 15 is 0 Å². The number of esters is 1. The lowest BCUT2D eigenvalue weighted by Crippen LogP contribution is -2.01. The summed E-state index contributed by atoms with van der Waals surface area (Å²) in [6.07, 6.45) is 0.716. The van der Waals surface area contributed by atoms with Crippen LogP contribution in [0.4, 0.5) is 0 Å². The number of ether oxygens (including phenoxy) is 1. The van der Waals surface area contributed by atoms with Crippen LogP contribution in [-0.2, 0) is 4.74 Å². The normalized spacial score (nSPS) is 8.50. The molecule has 0 radical (unpaired) electrons. The Bertz CT molecular complexity index is 291. The van der Waals surface area contributed by atoms with Gasteiger partial charge < -0.3 is 4.74 Å². The maximum atomic E-state index is 11.0. The Morgan fingerprint density at radius 2 is 2.14 bits per heavy atom. The molecule has 1 aromatic rings. The number of rotatable bonds is 3. The minimum absolute atomic E-state index is 0.354. The topological polar surface area (TPSA) is 43.4 Å². The highest BCUT2D eigenvalue weighted by molar-refractivity contribution is 7.15. The van der Waals surface area contributed by atoms with Crippen LogP contribution < -0.4 is 0 Å². The lowest BCUT2D eigenvalue weighted by molar-refractivity contribution is 0.0532. The van der Waals surface area contributed by atoms with Crippen LogP contribution >= 0.6 is 11.3 Å². The molecule has 0 saturated heterocycles. The van der Waals surface area contributed by atoms with Crippen molar-refractivity contribution >= 4 is 23.6 Å². The minimum atomic E-state index is -0.365. The van der Waals surface area contributed by atoms with Gasteiger partial charge in [0.15, 0.2) is 6.29 Å². The van der Waals surface area contributed by atoms with Gasteiger partial charge in [0.25, 0.3) is 0 Å². The van der Waals surface area contributed by atoms with Crippen LogP contribution in [-0.4, -0.2) is 18.9 Å². The first-order valence-electron chi connectivity index (χ1n) is 4.50. The van der Waals surface area contributed by atoms with Crippen molar-refractivity contribution in [3.8, 4) is 0 Å². The summed E-state index contributed by atoms with van der Waals surface area (Å²) in [6, 6.07) is 3.19. The summed E-state index contributed by atoms with van der Waals surface area (Å²) in [6.45, 7) is 6.10. The quantitative estimate of drug-likeness (QED) is 0.574. The van der Waals surface area contributed by atoms with Crippen LogP contribution in [0.2, 0.25) is 0 Å². The molecule has 0 aromatic carbocycles. The van der Waals surface area contributed by atoms with E-state index in [0.717, 1.165) is 11.3 Å². The number of aldehydes is 1. The van der Waals surface area contributed by atoms with Gasteiger partial charge in [-0.2, -0.15) is 0 Å². The summed E-state index contributed by atoms with van der Waals surface area (Å²) in [4.78, 5) is 22.3.